The van der Waals surface area contributed by atoms with Crippen LogP contribution in [-0.4, -0.2) is 9.55 Å². The number of aryl methyl sites for hydroxylation is 1. The van der Waals surface area contributed by atoms with Crippen LogP contribution in [0.4, 0.5) is 0 Å². The number of ether oxygens (including phenoxy) is 1. The van der Waals surface area contributed by atoms with Gasteiger partial charge in [0.15, 0.2) is 11.9 Å². The SMILES string of the molecule is CCCCCCCCCCCn1c(C(C)Oc2ccc(Cl)cc2)nc2ccccc21. The Morgan fingerprint density at radius 1 is 0.867 bits per heavy atom. The van der Waals surface area contributed by atoms with Crippen LogP contribution in [0.5, 0.6) is 5.75 Å². The zero-order chi connectivity index (χ0) is 21.2. The normalized spacial score (nSPS) is 12.4. The van der Waals surface area contributed by atoms with Crippen molar-refractivity contribution in [2.75, 3.05) is 0 Å². The first-order valence-corrected chi connectivity index (χ1v) is 11.9. The largest absolute Gasteiger partial charge is 0.483 e. The van der Waals surface area contributed by atoms with Gasteiger partial charge < -0.3 is 9.30 Å². The molecule has 3 aromatic rings. The summed E-state index contributed by atoms with van der Waals surface area (Å²) in [5, 5.41) is 0.715. The topological polar surface area (TPSA) is 27.1 Å². The van der Waals surface area contributed by atoms with Gasteiger partial charge in [0.05, 0.1) is 11.0 Å². The van der Waals surface area contributed by atoms with Crippen molar-refractivity contribution in [3.63, 3.8) is 0 Å². The molecule has 3 rings (SSSR count). The average Bonchev–Trinajstić information content (AvgIpc) is 3.13. The zero-order valence-electron chi connectivity index (χ0n) is 18.4. The summed E-state index contributed by atoms with van der Waals surface area (Å²) >= 11 is 6.00. The third-order valence-electron chi connectivity index (χ3n) is 5.66. The van der Waals surface area contributed by atoms with Crippen molar-refractivity contribution >= 4 is 22.6 Å². The Kier molecular flexibility index (Phi) is 9.07. The fourth-order valence-electron chi connectivity index (χ4n) is 3.99. The van der Waals surface area contributed by atoms with Crippen LogP contribution in [0.3, 0.4) is 0 Å². The Morgan fingerprint density at radius 3 is 2.20 bits per heavy atom. The van der Waals surface area contributed by atoms with E-state index < -0.39 is 0 Å². The molecule has 0 bridgehead atoms. The molecule has 0 amide bonds. The maximum absolute atomic E-state index is 6.18. The predicted molar refractivity (Wildman–Crippen MR) is 127 cm³/mol. The molecule has 0 aliphatic rings. The van der Waals surface area contributed by atoms with Gasteiger partial charge in [-0.2, -0.15) is 0 Å². The molecular weight excluding hydrogens is 392 g/mol. The van der Waals surface area contributed by atoms with E-state index in [1.165, 1.54) is 63.3 Å². The van der Waals surface area contributed by atoms with Crippen molar-refractivity contribution in [1.29, 1.82) is 0 Å². The minimum atomic E-state index is -0.128. The van der Waals surface area contributed by atoms with Gasteiger partial charge >= 0.3 is 0 Å². The van der Waals surface area contributed by atoms with Crippen molar-refractivity contribution in [3.8, 4) is 5.75 Å². The number of nitrogens with zero attached hydrogens (tertiary/aromatic N) is 2. The van der Waals surface area contributed by atoms with E-state index >= 15 is 0 Å². The van der Waals surface area contributed by atoms with E-state index in [-0.39, 0.29) is 6.10 Å². The molecule has 30 heavy (non-hydrogen) atoms. The molecular formula is C26H35ClN2O. The fourth-order valence-corrected chi connectivity index (χ4v) is 4.12. The molecule has 0 spiro atoms. The van der Waals surface area contributed by atoms with Gasteiger partial charge in [-0.3, -0.25) is 0 Å². The Balaban J connectivity index is 1.58. The van der Waals surface area contributed by atoms with E-state index in [9.17, 15) is 0 Å². The Morgan fingerprint density at radius 2 is 1.50 bits per heavy atom. The molecule has 0 N–H and O–H groups in total. The number of hydrogen-bond donors (Lipinski definition) is 0. The van der Waals surface area contributed by atoms with Crippen molar-refractivity contribution < 1.29 is 4.74 Å². The number of fused-ring (bicyclic) bond motifs is 1. The van der Waals surface area contributed by atoms with E-state index in [0.29, 0.717) is 5.02 Å². The number of unbranched alkanes of at least 4 members (excludes halogenated alkanes) is 8. The Bertz CT molecular complexity index is 888. The standard InChI is InChI=1S/C26H35ClN2O/c1-3-4-5-6-7-8-9-10-13-20-29-25-15-12-11-14-24(25)28-26(29)21(2)30-23-18-16-22(27)17-19-23/h11-12,14-19,21H,3-10,13,20H2,1-2H3. The quantitative estimate of drug-likeness (QED) is 0.256. The maximum atomic E-state index is 6.18. The van der Waals surface area contributed by atoms with Crippen LogP contribution in [-0.2, 0) is 6.54 Å². The second kappa shape index (κ2) is 12.0. The van der Waals surface area contributed by atoms with E-state index in [0.717, 1.165) is 23.6 Å². The number of aromatic nitrogens is 2. The second-order valence-electron chi connectivity index (χ2n) is 8.15. The zero-order valence-corrected chi connectivity index (χ0v) is 19.2. The first-order chi connectivity index (χ1) is 14.7. The average molecular weight is 427 g/mol. The molecule has 0 aliphatic carbocycles. The highest BCUT2D eigenvalue weighted by molar-refractivity contribution is 6.30. The van der Waals surface area contributed by atoms with Gasteiger partial charge in [-0.15, -0.1) is 0 Å². The molecule has 1 atom stereocenters. The van der Waals surface area contributed by atoms with E-state index in [2.05, 4.69) is 36.6 Å². The second-order valence-corrected chi connectivity index (χ2v) is 8.59. The monoisotopic (exact) mass is 426 g/mol. The van der Waals surface area contributed by atoms with Crippen LogP contribution in [0.1, 0.15) is 83.6 Å². The predicted octanol–water partition coefficient (Wildman–Crippen LogP) is 8.36. The van der Waals surface area contributed by atoms with Gasteiger partial charge in [0.25, 0.3) is 0 Å². The van der Waals surface area contributed by atoms with E-state index in [4.69, 9.17) is 21.3 Å². The molecule has 2 aromatic carbocycles. The number of halogens is 1. The number of hydrogen-bond acceptors (Lipinski definition) is 2. The smallest absolute Gasteiger partial charge is 0.153 e. The van der Waals surface area contributed by atoms with Gasteiger partial charge in [-0.1, -0.05) is 82.0 Å². The lowest BCUT2D eigenvalue weighted by molar-refractivity contribution is 0.211. The van der Waals surface area contributed by atoms with Gasteiger partial charge in [-0.05, 0) is 49.7 Å². The molecule has 162 valence electrons. The number of benzene rings is 2. The lowest BCUT2D eigenvalue weighted by Gasteiger charge is -2.17. The number of rotatable bonds is 13. The summed E-state index contributed by atoms with van der Waals surface area (Å²) in [6, 6.07) is 15.9. The van der Waals surface area contributed by atoms with Crippen LogP contribution in [0.2, 0.25) is 5.02 Å². The lowest BCUT2D eigenvalue weighted by Crippen LogP contribution is -2.12. The molecule has 0 saturated carbocycles. The molecule has 0 aliphatic heterocycles. The van der Waals surface area contributed by atoms with Crippen LogP contribution < -0.4 is 4.74 Å². The molecule has 1 aromatic heterocycles. The van der Waals surface area contributed by atoms with Crippen molar-refractivity contribution in [2.45, 2.75) is 84.3 Å². The van der Waals surface area contributed by atoms with Crippen molar-refractivity contribution in [3.05, 3.63) is 59.4 Å². The summed E-state index contributed by atoms with van der Waals surface area (Å²) in [5.74, 6) is 1.80. The first-order valence-electron chi connectivity index (χ1n) is 11.6. The van der Waals surface area contributed by atoms with Crippen molar-refractivity contribution in [2.24, 2.45) is 0 Å². The Labute approximate surface area is 186 Å². The minimum Gasteiger partial charge on any atom is -0.483 e. The molecule has 0 saturated heterocycles. The summed E-state index contributed by atoms with van der Waals surface area (Å²) in [5.41, 5.74) is 2.23. The number of imidazole rings is 1. The molecule has 1 unspecified atom stereocenters. The summed E-state index contributed by atoms with van der Waals surface area (Å²) in [6.07, 6.45) is 11.9. The van der Waals surface area contributed by atoms with Gasteiger partial charge in [0.1, 0.15) is 5.75 Å². The van der Waals surface area contributed by atoms with Crippen LogP contribution in [0.25, 0.3) is 11.0 Å². The molecule has 4 heteroatoms. The Hall–Kier alpha value is -2.00. The fraction of sp³-hybridized carbons (Fsp3) is 0.500. The first kappa shape index (κ1) is 22.7. The van der Waals surface area contributed by atoms with E-state index in [1.54, 1.807) is 0 Å². The highest BCUT2D eigenvalue weighted by Gasteiger charge is 2.18. The van der Waals surface area contributed by atoms with Crippen LogP contribution in [0.15, 0.2) is 48.5 Å². The van der Waals surface area contributed by atoms with E-state index in [1.807, 2.05) is 30.3 Å². The minimum absolute atomic E-state index is 0.128. The third kappa shape index (κ3) is 6.50. The van der Waals surface area contributed by atoms with Gasteiger partial charge in [0, 0.05) is 11.6 Å². The highest BCUT2D eigenvalue weighted by atomic mass is 35.5. The summed E-state index contributed by atoms with van der Waals surface area (Å²) in [4.78, 5) is 4.90. The van der Waals surface area contributed by atoms with Crippen LogP contribution >= 0.6 is 11.6 Å². The molecule has 0 fully saturated rings. The van der Waals surface area contributed by atoms with Gasteiger partial charge in [0.2, 0.25) is 0 Å². The number of para-hydroxylation sites is 2. The highest BCUT2D eigenvalue weighted by Crippen LogP contribution is 2.26. The lowest BCUT2D eigenvalue weighted by atomic mass is 10.1. The van der Waals surface area contributed by atoms with Gasteiger partial charge in [-0.25, -0.2) is 4.98 Å². The third-order valence-corrected chi connectivity index (χ3v) is 5.91. The van der Waals surface area contributed by atoms with Crippen LogP contribution in [0, 0.1) is 0 Å². The summed E-state index contributed by atoms with van der Waals surface area (Å²) in [7, 11) is 0. The molecule has 0 radical (unpaired) electrons. The maximum Gasteiger partial charge on any atom is 0.153 e. The molecule has 3 nitrogen and oxygen atoms in total. The summed E-state index contributed by atoms with van der Waals surface area (Å²) in [6.45, 7) is 5.33. The van der Waals surface area contributed by atoms with Crippen molar-refractivity contribution in [1.82, 2.24) is 9.55 Å². The summed E-state index contributed by atoms with van der Waals surface area (Å²) < 4.78 is 8.52. The molecule has 1 heterocycles.